The standard InChI is InChI=1S/C21H27N3O5/c1-12(2)28-20(27)24-9-5-6-15(24)19(26)23-17-14-10-13(11-22)7-8-16(14)29-21(3,4)18(17)25/h7-8,10,12,15,17-18,25H,5-6,9H2,1-4H3,(H,23,26). The zero-order valence-corrected chi connectivity index (χ0v) is 17.1. The molecule has 2 aliphatic heterocycles. The molecule has 29 heavy (non-hydrogen) atoms. The van der Waals surface area contributed by atoms with Crippen LogP contribution in [0.4, 0.5) is 4.79 Å². The minimum Gasteiger partial charge on any atom is -0.485 e. The van der Waals surface area contributed by atoms with Gasteiger partial charge < -0.3 is 19.9 Å². The van der Waals surface area contributed by atoms with Gasteiger partial charge in [-0.2, -0.15) is 5.26 Å². The van der Waals surface area contributed by atoms with E-state index in [-0.39, 0.29) is 12.0 Å². The maximum absolute atomic E-state index is 13.1. The Morgan fingerprint density at radius 3 is 2.79 bits per heavy atom. The summed E-state index contributed by atoms with van der Waals surface area (Å²) >= 11 is 0. The molecule has 3 atom stereocenters. The van der Waals surface area contributed by atoms with Crippen molar-refractivity contribution < 1.29 is 24.2 Å². The largest absolute Gasteiger partial charge is 0.485 e. The number of fused-ring (bicyclic) bond motifs is 1. The number of hydrogen-bond donors (Lipinski definition) is 2. The van der Waals surface area contributed by atoms with Crippen LogP contribution in [0.1, 0.15) is 57.7 Å². The van der Waals surface area contributed by atoms with E-state index in [9.17, 15) is 20.0 Å². The summed E-state index contributed by atoms with van der Waals surface area (Å²) in [5, 5.41) is 23.0. The summed E-state index contributed by atoms with van der Waals surface area (Å²) < 4.78 is 11.1. The van der Waals surface area contributed by atoms with Gasteiger partial charge in [0, 0.05) is 12.1 Å². The second kappa shape index (κ2) is 7.91. The predicted molar refractivity (Wildman–Crippen MR) is 104 cm³/mol. The van der Waals surface area contributed by atoms with E-state index in [4.69, 9.17) is 9.47 Å². The SMILES string of the molecule is CC(C)OC(=O)N1CCCC1C(=O)NC1c2cc(C#N)ccc2OC(C)(C)C1O. The first-order valence-corrected chi connectivity index (χ1v) is 9.83. The first kappa shape index (κ1) is 20.9. The van der Waals surface area contributed by atoms with E-state index >= 15 is 0 Å². The number of rotatable bonds is 3. The van der Waals surface area contributed by atoms with Crippen molar-refractivity contribution in [3.63, 3.8) is 0 Å². The molecule has 1 saturated heterocycles. The molecule has 0 bridgehead atoms. The van der Waals surface area contributed by atoms with E-state index in [1.54, 1.807) is 45.9 Å². The number of carbonyl (C=O) groups excluding carboxylic acids is 2. The highest BCUT2D eigenvalue weighted by Gasteiger charge is 2.45. The van der Waals surface area contributed by atoms with Crippen molar-refractivity contribution in [1.82, 2.24) is 10.2 Å². The number of nitrogens with zero attached hydrogens (tertiary/aromatic N) is 2. The van der Waals surface area contributed by atoms with Gasteiger partial charge in [0.2, 0.25) is 5.91 Å². The Morgan fingerprint density at radius 2 is 2.14 bits per heavy atom. The van der Waals surface area contributed by atoms with Crippen LogP contribution in [0.5, 0.6) is 5.75 Å². The van der Waals surface area contributed by atoms with E-state index < -0.39 is 29.9 Å². The Kier molecular flexibility index (Phi) is 5.71. The van der Waals surface area contributed by atoms with Crippen LogP contribution in [0.15, 0.2) is 18.2 Å². The van der Waals surface area contributed by atoms with Gasteiger partial charge in [-0.25, -0.2) is 4.79 Å². The van der Waals surface area contributed by atoms with Crippen molar-refractivity contribution >= 4 is 12.0 Å². The van der Waals surface area contributed by atoms with Gasteiger partial charge >= 0.3 is 6.09 Å². The lowest BCUT2D eigenvalue weighted by molar-refractivity contribution is -0.129. The third-order valence-corrected chi connectivity index (χ3v) is 5.30. The summed E-state index contributed by atoms with van der Waals surface area (Å²) in [6.45, 7) is 7.43. The Balaban J connectivity index is 1.85. The third-order valence-electron chi connectivity index (χ3n) is 5.30. The highest BCUT2D eigenvalue weighted by atomic mass is 16.6. The number of ether oxygens (including phenoxy) is 2. The molecule has 1 aromatic carbocycles. The van der Waals surface area contributed by atoms with Gasteiger partial charge in [0.05, 0.1) is 23.8 Å². The Hall–Kier alpha value is -2.79. The van der Waals surface area contributed by atoms with Crippen LogP contribution in [0.3, 0.4) is 0 Å². The van der Waals surface area contributed by atoms with Crippen LogP contribution < -0.4 is 10.1 Å². The lowest BCUT2D eigenvalue weighted by atomic mass is 9.85. The van der Waals surface area contributed by atoms with Gasteiger partial charge in [-0.1, -0.05) is 0 Å². The van der Waals surface area contributed by atoms with Gasteiger partial charge in [-0.05, 0) is 58.7 Å². The number of likely N-dealkylation sites (tertiary alicyclic amines) is 1. The molecule has 0 aromatic heterocycles. The van der Waals surface area contributed by atoms with Crippen molar-refractivity contribution in [2.75, 3.05) is 6.54 Å². The highest BCUT2D eigenvalue weighted by molar-refractivity contribution is 5.86. The molecule has 1 aromatic rings. The van der Waals surface area contributed by atoms with Gasteiger partial charge in [-0.15, -0.1) is 0 Å². The van der Waals surface area contributed by atoms with Gasteiger partial charge in [0.1, 0.15) is 23.5 Å². The summed E-state index contributed by atoms with van der Waals surface area (Å²) in [5.74, 6) is 0.144. The predicted octanol–water partition coefficient (Wildman–Crippen LogP) is 2.26. The topological polar surface area (TPSA) is 112 Å². The first-order chi connectivity index (χ1) is 13.6. The quantitative estimate of drug-likeness (QED) is 0.803. The Morgan fingerprint density at radius 1 is 1.41 bits per heavy atom. The molecule has 3 rings (SSSR count). The number of nitriles is 1. The number of amides is 2. The lowest BCUT2D eigenvalue weighted by Gasteiger charge is -2.42. The molecule has 0 saturated carbocycles. The molecular formula is C21H27N3O5. The van der Waals surface area contributed by atoms with Crippen LogP contribution in [-0.4, -0.2) is 52.4 Å². The molecule has 2 N–H and O–H groups in total. The normalized spacial score (nSPS) is 25.0. The fourth-order valence-electron chi connectivity index (χ4n) is 3.80. The smallest absolute Gasteiger partial charge is 0.410 e. The maximum atomic E-state index is 13.1. The van der Waals surface area contributed by atoms with E-state index in [0.717, 1.165) is 0 Å². The van der Waals surface area contributed by atoms with Gasteiger partial charge in [0.15, 0.2) is 0 Å². The van der Waals surface area contributed by atoms with E-state index in [1.807, 2.05) is 0 Å². The minimum absolute atomic E-state index is 0.277. The Labute approximate surface area is 170 Å². The summed E-state index contributed by atoms with van der Waals surface area (Å²) in [5.41, 5.74) is 0.00504. The molecule has 0 aliphatic carbocycles. The molecule has 8 nitrogen and oxygen atoms in total. The van der Waals surface area contributed by atoms with Crippen molar-refractivity contribution in [2.45, 2.75) is 70.4 Å². The third kappa shape index (κ3) is 4.15. The summed E-state index contributed by atoms with van der Waals surface area (Å²) in [7, 11) is 0. The fourth-order valence-corrected chi connectivity index (χ4v) is 3.80. The molecule has 2 aliphatic rings. The number of benzene rings is 1. The van der Waals surface area contributed by atoms with Crippen molar-refractivity contribution in [1.29, 1.82) is 5.26 Å². The zero-order valence-electron chi connectivity index (χ0n) is 17.1. The van der Waals surface area contributed by atoms with E-state index in [1.165, 1.54) is 4.90 Å². The molecule has 1 fully saturated rings. The number of aliphatic hydroxyl groups is 1. The van der Waals surface area contributed by atoms with Gasteiger partial charge in [0.25, 0.3) is 0 Å². The molecule has 2 heterocycles. The molecule has 8 heteroatoms. The Bertz CT molecular complexity index is 845. The van der Waals surface area contributed by atoms with E-state index in [0.29, 0.717) is 36.3 Å². The van der Waals surface area contributed by atoms with Crippen LogP contribution in [0, 0.1) is 11.3 Å². The average Bonchev–Trinajstić information content (AvgIpc) is 3.14. The second-order valence-corrected chi connectivity index (χ2v) is 8.28. The maximum Gasteiger partial charge on any atom is 0.410 e. The molecule has 156 valence electrons. The minimum atomic E-state index is -1.04. The first-order valence-electron chi connectivity index (χ1n) is 9.83. The molecule has 0 radical (unpaired) electrons. The lowest BCUT2D eigenvalue weighted by Crippen LogP contribution is -2.56. The van der Waals surface area contributed by atoms with Crippen LogP contribution >= 0.6 is 0 Å². The second-order valence-electron chi connectivity index (χ2n) is 8.28. The molecule has 3 unspecified atom stereocenters. The van der Waals surface area contributed by atoms with Gasteiger partial charge in [-0.3, -0.25) is 9.69 Å². The van der Waals surface area contributed by atoms with E-state index in [2.05, 4.69) is 11.4 Å². The van der Waals surface area contributed by atoms with Crippen molar-refractivity contribution in [3.05, 3.63) is 29.3 Å². The summed E-state index contributed by atoms with van der Waals surface area (Å²) in [4.78, 5) is 26.8. The molecule has 0 spiro atoms. The van der Waals surface area contributed by atoms with Crippen LogP contribution in [0.25, 0.3) is 0 Å². The van der Waals surface area contributed by atoms with Crippen molar-refractivity contribution in [3.8, 4) is 11.8 Å². The number of nitrogens with one attached hydrogen (secondary N) is 1. The highest BCUT2D eigenvalue weighted by Crippen LogP contribution is 2.40. The monoisotopic (exact) mass is 401 g/mol. The summed E-state index contributed by atoms with van der Waals surface area (Å²) in [6, 6.07) is 5.54. The molecule has 2 amide bonds. The molecular weight excluding hydrogens is 374 g/mol. The van der Waals surface area contributed by atoms with Crippen LogP contribution in [-0.2, 0) is 9.53 Å². The number of hydrogen-bond acceptors (Lipinski definition) is 6. The fraction of sp³-hybridized carbons (Fsp3) is 0.571. The van der Waals surface area contributed by atoms with Crippen molar-refractivity contribution in [2.24, 2.45) is 0 Å². The number of carbonyl (C=O) groups is 2. The number of aliphatic hydroxyl groups excluding tert-OH is 1. The summed E-state index contributed by atoms with van der Waals surface area (Å²) in [6.07, 6.45) is -0.612. The van der Waals surface area contributed by atoms with Crippen LogP contribution in [0.2, 0.25) is 0 Å². The zero-order chi connectivity index (χ0) is 21.3. The average molecular weight is 401 g/mol.